The normalized spacial score (nSPS) is 17.1. The lowest BCUT2D eigenvalue weighted by molar-refractivity contribution is -0.145. The molecule has 0 radical (unpaired) electrons. The van der Waals surface area contributed by atoms with Gasteiger partial charge in [0.2, 0.25) is 15.7 Å². The second-order valence-electron chi connectivity index (χ2n) is 8.68. The molecule has 2 atom stereocenters. The van der Waals surface area contributed by atoms with Crippen LogP contribution < -0.4 is 5.32 Å². The SMILES string of the molecule is C#CCN(C)C(=N)c1ccc(C(N2CC(=O)N[C@@H](C(=O)O)C2)S(=O)(=O)c2cc3cc(Cl)ccc3[nH]2)cc1. The number of terminal acetylenes is 1. The van der Waals surface area contributed by atoms with Crippen molar-refractivity contribution in [3.05, 3.63) is 64.7 Å². The predicted molar refractivity (Wildman–Crippen MR) is 139 cm³/mol. The van der Waals surface area contributed by atoms with E-state index in [1.807, 2.05) is 0 Å². The Labute approximate surface area is 218 Å². The number of aromatic amines is 1. The number of fused-ring (bicyclic) bond motifs is 1. The van der Waals surface area contributed by atoms with Crippen molar-refractivity contribution < 1.29 is 23.1 Å². The fourth-order valence-corrected chi connectivity index (χ4v) is 6.30. The number of carbonyl (C=O) groups excluding carboxylic acids is 1. The molecule has 2 heterocycles. The highest BCUT2D eigenvalue weighted by Crippen LogP contribution is 2.35. The number of carbonyl (C=O) groups is 2. The van der Waals surface area contributed by atoms with Crippen LogP contribution >= 0.6 is 11.6 Å². The average molecular weight is 542 g/mol. The molecule has 1 aliphatic rings. The monoisotopic (exact) mass is 541 g/mol. The number of benzene rings is 2. The number of halogens is 1. The minimum absolute atomic E-state index is 0.0989. The van der Waals surface area contributed by atoms with Gasteiger partial charge in [-0.3, -0.25) is 15.1 Å². The van der Waals surface area contributed by atoms with E-state index in [4.69, 9.17) is 23.4 Å². The molecule has 2 aromatic carbocycles. The highest BCUT2D eigenvalue weighted by molar-refractivity contribution is 7.91. The highest BCUT2D eigenvalue weighted by atomic mass is 35.5. The van der Waals surface area contributed by atoms with Gasteiger partial charge in [-0.1, -0.05) is 41.8 Å². The minimum Gasteiger partial charge on any atom is -0.480 e. The summed E-state index contributed by atoms with van der Waals surface area (Å²) >= 11 is 6.06. The molecule has 10 nitrogen and oxygen atoms in total. The van der Waals surface area contributed by atoms with Crippen LogP contribution in [0, 0.1) is 17.8 Å². The van der Waals surface area contributed by atoms with Crippen LogP contribution in [0.15, 0.2) is 53.6 Å². The number of aromatic nitrogens is 1. The van der Waals surface area contributed by atoms with Crippen LogP contribution in [0.5, 0.6) is 0 Å². The Morgan fingerprint density at radius 2 is 2.00 bits per heavy atom. The molecule has 3 aromatic rings. The zero-order valence-electron chi connectivity index (χ0n) is 19.7. The summed E-state index contributed by atoms with van der Waals surface area (Å²) < 4.78 is 28.0. The first-order chi connectivity index (χ1) is 17.5. The van der Waals surface area contributed by atoms with Crippen molar-refractivity contribution in [2.24, 2.45) is 0 Å². The van der Waals surface area contributed by atoms with Gasteiger partial charge in [0.15, 0.2) is 0 Å². The summed E-state index contributed by atoms with van der Waals surface area (Å²) in [5.74, 6) is 0.746. The van der Waals surface area contributed by atoms with Gasteiger partial charge < -0.3 is 20.3 Å². The summed E-state index contributed by atoms with van der Waals surface area (Å²) in [5, 5.41) is 19.7. The molecule has 1 unspecified atom stereocenters. The number of amidine groups is 1. The van der Waals surface area contributed by atoms with Crippen LogP contribution in [0.4, 0.5) is 0 Å². The fraction of sp³-hybridized carbons (Fsp3) is 0.240. The summed E-state index contributed by atoms with van der Waals surface area (Å²) in [6.07, 6.45) is 5.33. The van der Waals surface area contributed by atoms with Gasteiger partial charge >= 0.3 is 5.97 Å². The molecule has 1 amide bonds. The number of rotatable bonds is 7. The van der Waals surface area contributed by atoms with E-state index in [-0.39, 0.29) is 30.5 Å². The van der Waals surface area contributed by atoms with E-state index in [2.05, 4.69) is 16.2 Å². The molecule has 0 bridgehead atoms. The number of hydrogen-bond donors (Lipinski definition) is 4. The first-order valence-corrected chi connectivity index (χ1v) is 13.1. The molecule has 0 spiro atoms. The maximum Gasteiger partial charge on any atom is 0.327 e. The molecule has 0 saturated carbocycles. The van der Waals surface area contributed by atoms with E-state index < -0.39 is 33.1 Å². The van der Waals surface area contributed by atoms with E-state index in [1.54, 1.807) is 54.4 Å². The van der Waals surface area contributed by atoms with Gasteiger partial charge in [-0.15, -0.1) is 6.42 Å². The van der Waals surface area contributed by atoms with Crippen molar-refractivity contribution in [1.82, 2.24) is 20.1 Å². The lowest BCUT2D eigenvalue weighted by atomic mass is 10.1. The summed E-state index contributed by atoms with van der Waals surface area (Å²) in [5.41, 5.74) is 1.38. The zero-order valence-corrected chi connectivity index (χ0v) is 21.3. The lowest BCUT2D eigenvalue weighted by Gasteiger charge is -2.36. The van der Waals surface area contributed by atoms with Crippen molar-refractivity contribution in [3.8, 4) is 12.3 Å². The average Bonchev–Trinajstić information content (AvgIpc) is 3.28. The Morgan fingerprint density at radius 1 is 1.30 bits per heavy atom. The largest absolute Gasteiger partial charge is 0.480 e. The van der Waals surface area contributed by atoms with Crippen molar-refractivity contribution in [2.75, 3.05) is 26.7 Å². The predicted octanol–water partition coefficient (Wildman–Crippen LogP) is 2.07. The summed E-state index contributed by atoms with van der Waals surface area (Å²) in [4.78, 5) is 29.8. The Kier molecular flexibility index (Phi) is 7.27. The van der Waals surface area contributed by atoms with E-state index in [9.17, 15) is 23.1 Å². The van der Waals surface area contributed by atoms with E-state index >= 15 is 0 Å². The van der Waals surface area contributed by atoms with Crippen molar-refractivity contribution in [1.29, 1.82) is 5.41 Å². The summed E-state index contributed by atoms with van der Waals surface area (Å²) in [6.45, 7) is -0.316. The molecular formula is C25H24ClN5O5S. The number of carboxylic acids is 1. The molecule has 0 aliphatic carbocycles. The number of piperazine rings is 1. The first-order valence-electron chi connectivity index (χ1n) is 11.1. The standard InChI is InChI=1S/C25H24ClN5O5S/c1-3-10-30(2)23(27)15-4-6-16(7-5-15)24(31-13-20(25(33)34)28-21(32)14-31)37(35,36)22-12-17-11-18(26)8-9-19(17)29-22/h1,4-9,11-12,20,24,27,29H,10,13-14H2,2H3,(H,28,32)(H,33,34)/t20-,24?/m1/s1. The van der Waals surface area contributed by atoms with Crippen molar-refractivity contribution >= 4 is 50.1 Å². The molecule has 1 aliphatic heterocycles. The van der Waals surface area contributed by atoms with E-state index in [0.717, 1.165) is 0 Å². The van der Waals surface area contributed by atoms with Gasteiger partial charge in [0, 0.05) is 35.1 Å². The van der Waals surface area contributed by atoms with Gasteiger partial charge in [-0.2, -0.15) is 0 Å². The summed E-state index contributed by atoms with van der Waals surface area (Å²) in [7, 11) is -2.52. The smallest absolute Gasteiger partial charge is 0.327 e. The molecule has 4 rings (SSSR count). The number of nitrogens with one attached hydrogen (secondary N) is 3. The quantitative estimate of drug-likeness (QED) is 0.203. The van der Waals surface area contributed by atoms with Gasteiger partial charge in [0.1, 0.15) is 22.3 Å². The van der Waals surface area contributed by atoms with Crippen LogP contribution in [-0.4, -0.2) is 78.7 Å². The van der Waals surface area contributed by atoms with Gasteiger partial charge in [-0.25, -0.2) is 13.2 Å². The Bertz CT molecular complexity index is 1530. The third kappa shape index (κ3) is 5.32. The van der Waals surface area contributed by atoms with Crippen molar-refractivity contribution in [2.45, 2.75) is 16.4 Å². The van der Waals surface area contributed by atoms with Gasteiger partial charge in [0.05, 0.1) is 13.1 Å². The molecule has 1 fully saturated rings. The fourth-order valence-electron chi connectivity index (χ4n) is 4.27. The van der Waals surface area contributed by atoms with E-state index in [1.165, 1.54) is 11.0 Å². The Balaban J connectivity index is 1.79. The van der Waals surface area contributed by atoms with Gasteiger partial charge in [0.25, 0.3) is 0 Å². The van der Waals surface area contributed by atoms with Crippen LogP contribution in [-0.2, 0) is 19.4 Å². The number of nitrogens with zero attached hydrogens (tertiary/aromatic N) is 2. The molecule has 37 heavy (non-hydrogen) atoms. The topological polar surface area (TPSA) is 147 Å². The molecule has 12 heteroatoms. The van der Waals surface area contributed by atoms with Gasteiger partial charge in [-0.05, 0) is 29.8 Å². The molecular weight excluding hydrogens is 518 g/mol. The Morgan fingerprint density at radius 3 is 2.65 bits per heavy atom. The van der Waals surface area contributed by atoms with Crippen LogP contribution in [0.2, 0.25) is 5.02 Å². The number of aliphatic carboxylic acids is 1. The van der Waals surface area contributed by atoms with E-state index in [0.29, 0.717) is 27.1 Å². The third-order valence-electron chi connectivity index (χ3n) is 6.07. The maximum atomic E-state index is 14.0. The molecule has 4 N–H and O–H groups in total. The maximum absolute atomic E-state index is 14.0. The Hall–Kier alpha value is -3.85. The van der Waals surface area contributed by atoms with Crippen LogP contribution in [0.25, 0.3) is 10.9 Å². The number of amides is 1. The minimum atomic E-state index is -4.20. The highest BCUT2D eigenvalue weighted by Gasteiger charge is 2.41. The second-order valence-corrected chi connectivity index (χ2v) is 11.1. The number of carboxylic acid groups (broad SMARTS) is 1. The van der Waals surface area contributed by atoms with Crippen molar-refractivity contribution in [3.63, 3.8) is 0 Å². The lowest BCUT2D eigenvalue weighted by Crippen LogP contribution is -2.58. The number of hydrogen-bond acceptors (Lipinski definition) is 6. The summed E-state index contributed by atoms with van der Waals surface area (Å²) in [6, 6.07) is 11.4. The van der Waals surface area contributed by atoms with Crippen LogP contribution in [0.1, 0.15) is 16.5 Å². The number of sulfone groups is 1. The van der Waals surface area contributed by atoms with Crippen LogP contribution in [0.3, 0.4) is 0 Å². The molecule has 1 saturated heterocycles. The third-order valence-corrected chi connectivity index (χ3v) is 8.29. The first kappa shape index (κ1) is 26.2. The molecule has 1 aromatic heterocycles. The zero-order chi connectivity index (χ0) is 26.9. The second kappa shape index (κ2) is 10.3. The number of H-pyrrole nitrogens is 1. The molecule has 192 valence electrons.